The number of esters is 1. The second kappa shape index (κ2) is 8.10. The number of benzene rings is 1. The smallest absolute Gasteiger partial charge is 0.310 e. The molecule has 1 saturated heterocycles. The van der Waals surface area contributed by atoms with Gasteiger partial charge in [0.15, 0.2) is 0 Å². The zero-order chi connectivity index (χ0) is 15.9. The van der Waals surface area contributed by atoms with E-state index in [9.17, 15) is 9.18 Å². The summed E-state index contributed by atoms with van der Waals surface area (Å²) in [4.78, 5) is 13.4. The lowest BCUT2D eigenvalue weighted by atomic mass is 10.1. The molecule has 0 N–H and O–H groups in total. The largest absolute Gasteiger partial charge is 0.492 e. The Hall–Kier alpha value is -1.66. The predicted molar refractivity (Wildman–Crippen MR) is 79.5 cm³/mol. The highest BCUT2D eigenvalue weighted by molar-refractivity contribution is 5.72. The van der Waals surface area contributed by atoms with Crippen LogP contribution in [-0.4, -0.2) is 56.9 Å². The van der Waals surface area contributed by atoms with E-state index in [1.54, 1.807) is 12.1 Å². The van der Waals surface area contributed by atoms with Crippen molar-refractivity contribution in [2.24, 2.45) is 0 Å². The Kier molecular flexibility index (Phi) is 6.15. The Bertz CT molecular complexity index is 509. The van der Waals surface area contributed by atoms with Crippen LogP contribution in [0.15, 0.2) is 18.2 Å². The molecule has 0 bridgehead atoms. The topological polar surface area (TPSA) is 48.0 Å². The molecule has 122 valence electrons. The first-order valence-corrected chi connectivity index (χ1v) is 7.40. The van der Waals surface area contributed by atoms with Gasteiger partial charge in [0, 0.05) is 25.7 Å². The Morgan fingerprint density at radius 1 is 1.50 bits per heavy atom. The highest BCUT2D eigenvalue weighted by atomic mass is 19.1. The van der Waals surface area contributed by atoms with Crippen molar-refractivity contribution in [2.75, 3.05) is 40.0 Å². The molecule has 0 saturated carbocycles. The van der Waals surface area contributed by atoms with Gasteiger partial charge >= 0.3 is 5.97 Å². The number of ether oxygens (including phenoxy) is 3. The summed E-state index contributed by atoms with van der Waals surface area (Å²) < 4.78 is 29.4. The average Bonchev–Trinajstić information content (AvgIpc) is 2.50. The van der Waals surface area contributed by atoms with Gasteiger partial charge in [-0.05, 0) is 18.6 Å². The van der Waals surface area contributed by atoms with E-state index in [0.29, 0.717) is 17.9 Å². The third kappa shape index (κ3) is 4.96. The fraction of sp³-hybridized carbons (Fsp3) is 0.562. The molecule has 0 aromatic heterocycles. The molecule has 6 heteroatoms. The van der Waals surface area contributed by atoms with E-state index in [-0.39, 0.29) is 12.5 Å². The molecular formula is C16H22FNO4. The number of rotatable bonds is 6. The SMILES string of the molecule is COC(=O)Cc1ccc(OCCN2CCO[C@@H](C)C2)cc1F. The van der Waals surface area contributed by atoms with Crippen LogP contribution in [0.25, 0.3) is 0 Å². The third-order valence-electron chi connectivity index (χ3n) is 3.59. The molecule has 22 heavy (non-hydrogen) atoms. The van der Waals surface area contributed by atoms with E-state index >= 15 is 0 Å². The maximum Gasteiger partial charge on any atom is 0.310 e. The Morgan fingerprint density at radius 2 is 2.32 bits per heavy atom. The second-order valence-corrected chi connectivity index (χ2v) is 5.34. The summed E-state index contributed by atoms with van der Waals surface area (Å²) in [5.41, 5.74) is 0.307. The highest BCUT2D eigenvalue weighted by Crippen LogP contribution is 2.17. The fourth-order valence-electron chi connectivity index (χ4n) is 2.38. The average molecular weight is 311 g/mol. The first kappa shape index (κ1) is 16.7. The van der Waals surface area contributed by atoms with Gasteiger partial charge in [-0.2, -0.15) is 0 Å². The van der Waals surface area contributed by atoms with Gasteiger partial charge in [-0.1, -0.05) is 6.07 Å². The fourth-order valence-corrected chi connectivity index (χ4v) is 2.38. The van der Waals surface area contributed by atoms with Crippen LogP contribution in [-0.2, 0) is 20.7 Å². The first-order chi connectivity index (χ1) is 10.6. The molecule has 1 atom stereocenters. The van der Waals surface area contributed by atoms with Crippen LogP contribution in [0.1, 0.15) is 12.5 Å². The van der Waals surface area contributed by atoms with Crippen LogP contribution in [0.4, 0.5) is 4.39 Å². The molecule has 1 aromatic rings. The second-order valence-electron chi connectivity index (χ2n) is 5.34. The molecule has 0 spiro atoms. The van der Waals surface area contributed by atoms with Crippen LogP contribution < -0.4 is 4.74 Å². The van der Waals surface area contributed by atoms with Crippen LogP contribution in [0, 0.1) is 5.82 Å². The molecule has 1 fully saturated rings. The summed E-state index contributed by atoms with van der Waals surface area (Å²) in [6.07, 6.45) is 0.165. The molecule has 1 heterocycles. The lowest BCUT2D eigenvalue weighted by Gasteiger charge is -2.30. The van der Waals surface area contributed by atoms with Gasteiger partial charge in [0.05, 0.1) is 26.2 Å². The zero-order valence-electron chi connectivity index (χ0n) is 13.0. The summed E-state index contributed by atoms with van der Waals surface area (Å²) in [5.74, 6) is -0.454. The van der Waals surface area contributed by atoms with Gasteiger partial charge in [0.25, 0.3) is 0 Å². The van der Waals surface area contributed by atoms with Gasteiger partial charge in [0.1, 0.15) is 18.2 Å². The molecule has 1 aliphatic rings. The van der Waals surface area contributed by atoms with E-state index < -0.39 is 11.8 Å². The van der Waals surface area contributed by atoms with Gasteiger partial charge in [-0.3, -0.25) is 9.69 Å². The van der Waals surface area contributed by atoms with Crippen LogP contribution in [0.5, 0.6) is 5.75 Å². The molecule has 0 amide bonds. The predicted octanol–water partition coefficient (Wildman–Crippen LogP) is 1.64. The van der Waals surface area contributed by atoms with Crippen LogP contribution in [0.3, 0.4) is 0 Å². The lowest BCUT2D eigenvalue weighted by Crippen LogP contribution is -2.42. The monoisotopic (exact) mass is 311 g/mol. The number of morpholine rings is 1. The summed E-state index contributed by atoms with van der Waals surface area (Å²) in [6, 6.07) is 4.53. The maximum atomic E-state index is 13.9. The zero-order valence-corrected chi connectivity index (χ0v) is 13.0. The molecule has 1 aliphatic heterocycles. The minimum absolute atomic E-state index is 0.0751. The summed E-state index contributed by atoms with van der Waals surface area (Å²) in [6.45, 7) is 5.82. The number of halogens is 1. The number of methoxy groups -OCH3 is 1. The standard InChI is InChI=1S/C16H22FNO4/c1-12-11-18(5-7-21-12)6-8-22-14-4-3-13(15(17)10-14)9-16(19)20-2/h3-4,10,12H,5-9,11H2,1-2H3/t12-/m0/s1. The highest BCUT2D eigenvalue weighted by Gasteiger charge is 2.16. The molecule has 1 aromatic carbocycles. The first-order valence-electron chi connectivity index (χ1n) is 7.40. The molecule has 0 aliphatic carbocycles. The van der Waals surface area contributed by atoms with Gasteiger partial charge in [-0.25, -0.2) is 4.39 Å². The Morgan fingerprint density at radius 3 is 3.00 bits per heavy atom. The van der Waals surface area contributed by atoms with E-state index in [1.807, 2.05) is 6.92 Å². The number of nitrogens with zero attached hydrogens (tertiary/aromatic N) is 1. The number of hydrogen-bond donors (Lipinski definition) is 0. The van der Waals surface area contributed by atoms with Crippen LogP contribution in [0.2, 0.25) is 0 Å². The number of carbonyl (C=O) groups excluding carboxylic acids is 1. The number of hydrogen-bond acceptors (Lipinski definition) is 5. The van der Waals surface area contributed by atoms with Gasteiger partial charge in [-0.15, -0.1) is 0 Å². The van der Waals surface area contributed by atoms with E-state index in [2.05, 4.69) is 9.64 Å². The summed E-state index contributed by atoms with van der Waals surface area (Å²) in [7, 11) is 1.28. The van der Waals surface area contributed by atoms with E-state index in [4.69, 9.17) is 9.47 Å². The van der Waals surface area contributed by atoms with Gasteiger partial charge < -0.3 is 14.2 Å². The summed E-state index contributed by atoms with van der Waals surface area (Å²) in [5, 5.41) is 0. The normalized spacial score (nSPS) is 19.0. The van der Waals surface area contributed by atoms with Gasteiger partial charge in [0.2, 0.25) is 0 Å². The van der Waals surface area contributed by atoms with Crippen LogP contribution >= 0.6 is 0 Å². The molecule has 2 rings (SSSR count). The Balaban J connectivity index is 1.80. The van der Waals surface area contributed by atoms with Crippen molar-refractivity contribution in [1.29, 1.82) is 0 Å². The third-order valence-corrected chi connectivity index (χ3v) is 3.59. The lowest BCUT2D eigenvalue weighted by molar-refractivity contribution is -0.139. The molecule has 0 unspecified atom stereocenters. The van der Waals surface area contributed by atoms with Crippen molar-refractivity contribution in [3.8, 4) is 5.75 Å². The quantitative estimate of drug-likeness (QED) is 0.748. The van der Waals surface area contributed by atoms with Crippen molar-refractivity contribution >= 4 is 5.97 Å². The van der Waals surface area contributed by atoms with Crippen molar-refractivity contribution < 1.29 is 23.4 Å². The van der Waals surface area contributed by atoms with E-state index in [0.717, 1.165) is 26.2 Å². The van der Waals surface area contributed by atoms with Crippen molar-refractivity contribution in [3.63, 3.8) is 0 Å². The van der Waals surface area contributed by atoms with Crippen molar-refractivity contribution in [3.05, 3.63) is 29.6 Å². The Labute approximate surface area is 130 Å². The maximum absolute atomic E-state index is 13.9. The minimum atomic E-state index is -0.464. The molecule has 0 radical (unpaired) electrons. The molecule has 5 nitrogen and oxygen atoms in total. The van der Waals surface area contributed by atoms with Crippen molar-refractivity contribution in [1.82, 2.24) is 4.90 Å². The molecular weight excluding hydrogens is 289 g/mol. The number of carbonyl (C=O) groups is 1. The van der Waals surface area contributed by atoms with E-state index in [1.165, 1.54) is 13.2 Å². The minimum Gasteiger partial charge on any atom is -0.492 e. The summed E-state index contributed by atoms with van der Waals surface area (Å²) >= 11 is 0. The van der Waals surface area contributed by atoms with Crippen molar-refractivity contribution in [2.45, 2.75) is 19.4 Å².